The van der Waals surface area contributed by atoms with Crippen molar-refractivity contribution in [3.05, 3.63) is 57.4 Å². The summed E-state index contributed by atoms with van der Waals surface area (Å²) in [5.41, 5.74) is 0.0738. The smallest absolute Gasteiger partial charge is 0.205 e. The highest BCUT2D eigenvalue weighted by Gasteiger charge is 2.30. The van der Waals surface area contributed by atoms with Crippen LogP contribution >= 0.6 is 0 Å². The molecular formula is C23H23F3N2O. The van der Waals surface area contributed by atoms with Gasteiger partial charge in [-0.15, -0.1) is 0 Å². The van der Waals surface area contributed by atoms with Crippen LogP contribution in [0.5, 0.6) is 11.5 Å². The lowest BCUT2D eigenvalue weighted by Gasteiger charge is -2.29. The molecule has 0 heterocycles. The Bertz CT molecular complexity index is 1060. The minimum absolute atomic E-state index is 0.161. The van der Waals surface area contributed by atoms with Gasteiger partial charge in [-0.3, -0.25) is 0 Å². The van der Waals surface area contributed by atoms with Gasteiger partial charge in [0.1, 0.15) is 29.0 Å². The molecule has 0 aliphatic heterocycles. The second kappa shape index (κ2) is 7.44. The molecule has 152 valence electrons. The Morgan fingerprint density at radius 2 is 1.24 bits per heavy atom. The molecule has 0 amide bonds. The minimum Gasteiger partial charge on any atom is -0.451 e. The lowest BCUT2D eigenvalue weighted by Crippen LogP contribution is -2.19. The Hall–Kier alpha value is -2.99. The number of hydrogen-bond acceptors (Lipinski definition) is 3. The Balaban J connectivity index is 2.80. The van der Waals surface area contributed by atoms with Crippen LogP contribution in [0.1, 0.15) is 69.4 Å². The van der Waals surface area contributed by atoms with Crippen molar-refractivity contribution in [1.82, 2.24) is 0 Å². The Labute approximate surface area is 169 Å². The highest BCUT2D eigenvalue weighted by Crippen LogP contribution is 2.41. The number of nitrogens with zero attached hydrogens (tertiary/aromatic N) is 2. The van der Waals surface area contributed by atoms with Gasteiger partial charge in [0.2, 0.25) is 11.6 Å². The van der Waals surface area contributed by atoms with Crippen LogP contribution in [-0.4, -0.2) is 0 Å². The van der Waals surface area contributed by atoms with E-state index in [1.165, 1.54) is 12.1 Å². The molecule has 0 aromatic heterocycles. The normalized spacial score (nSPS) is 11.7. The lowest BCUT2D eigenvalue weighted by molar-refractivity contribution is 0.376. The summed E-state index contributed by atoms with van der Waals surface area (Å²) in [6.07, 6.45) is 0. The van der Waals surface area contributed by atoms with E-state index >= 15 is 0 Å². The average molecular weight is 400 g/mol. The molecule has 0 unspecified atom stereocenters. The quantitative estimate of drug-likeness (QED) is 0.538. The third kappa shape index (κ3) is 4.07. The van der Waals surface area contributed by atoms with E-state index in [-0.39, 0.29) is 11.2 Å². The van der Waals surface area contributed by atoms with Gasteiger partial charge in [-0.1, -0.05) is 47.6 Å². The lowest BCUT2D eigenvalue weighted by atomic mass is 9.78. The first-order valence-corrected chi connectivity index (χ1v) is 9.08. The van der Waals surface area contributed by atoms with Crippen LogP contribution in [0.2, 0.25) is 0 Å². The molecule has 0 spiro atoms. The number of nitriles is 2. The van der Waals surface area contributed by atoms with Gasteiger partial charge in [0.25, 0.3) is 0 Å². The van der Waals surface area contributed by atoms with Gasteiger partial charge in [0, 0.05) is 5.56 Å². The zero-order valence-corrected chi connectivity index (χ0v) is 17.6. The van der Waals surface area contributed by atoms with Crippen molar-refractivity contribution >= 4 is 0 Å². The van der Waals surface area contributed by atoms with Crippen molar-refractivity contribution in [1.29, 1.82) is 10.5 Å². The second-order valence-corrected chi connectivity index (χ2v) is 9.01. The number of benzene rings is 2. The van der Waals surface area contributed by atoms with Crippen molar-refractivity contribution in [3.8, 4) is 23.6 Å². The Morgan fingerprint density at radius 1 is 0.759 bits per heavy atom. The van der Waals surface area contributed by atoms with Gasteiger partial charge in [0.05, 0.1) is 0 Å². The zero-order chi connectivity index (χ0) is 22.3. The number of hydrogen-bond donors (Lipinski definition) is 0. The van der Waals surface area contributed by atoms with Gasteiger partial charge in [0.15, 0.2) is 11.6 Å². The van der Waals surface area contributed by atoms with Gasteiger partial charge in [-0.05, 0) is 34.9 Å². The first kappa shape index (κ1) is 22.3. The standard InChI is InChI=1S/C23H23F3N2O/c1-12-8-17(16(23(5,6)7)9-15(12)22(2,3)4)29-21-19(25)14(11-28)13(10-27)18(24)20(21)26/h8-9H,1-7H3. The molecule has 0 bridgehead atoms. The van der Waals surface area contributed by atoms with Crippen molar-refractivity contribution in [3.63, 3.8) is 0 Å². The highest BCUT2D eigenvalue weighted by atomic mass is 19.2. The first-order valence-electron chi connectivity index (χ1n) is 9.08. The molecule has 29 heavy (non-hydrogen) atoms. The van der Waals surface area contributed by atoms with Crippen LogP contribution in [0.3, 0.4) is 0 Å². The Kier molecular flexibility index (Phi) is 5.72. The van der Waals surface area contributed by atoms with E-state index in [2.05, 4.69) is 20.8 Å². The van der Waals surface area contributed by atoms with E-state index in [0.29, 0.717) is 5.56 Å². The van der Waals surface area contributed by atoms with E-state index in [1.54, 1.807) is 6.07 Å². The summed E-state index contributed by atoms with van der Waals surface area (Å²) in [4.78, 5) is 0. The fourth-order valence-corrected chi connectivity index (χ4v) is 3.21. The van der Waals surface area contributed by atoms with Crippen LogP contribution in [0.25, 0.3) is 0 Å². The van der Waals surface area contributed by atoms with Crippen molar-refractivity contribution < 1.29 is 17.9 Å². The second-order valence-electron chi connectivity index (χ2n) is 9.01. The molecule has 2 aromatic carbocycles. The molecule has 2 aromatic rings. The summed E-state index contributed by atoms with van der Waals surface area (Å²) in [7, 11) is 0. The predicted octanol–water partition coefficient (Wildman–Crippen LogP) is 6.54. The van der Waals surface area contributed by atoms with E-state index in [9.17, 15) is 13.2 Å². The van der Waals surface area contributed by atoms with Crippen LogP contribution in [0, 0.1) is 47.0 Å². The van der Waals surface area contributed by atoms with Crippen LogP contribution in [0.4, 0.5) is 13.2 Å². The summed E-state index contributed by atoms with van der Waals surface area (Å²) in [5, 5.41) is 18.0. The third-order valence-corrected chi connectivity index (χ3v) is 4.66. The molecule has 3 nitrogen and oxygen atoms in total. The van der Waals surface area contributed by atoms with E-state index in [4.69, 9.17) is 15.3 Å². The maximum atomic E-state index is 14.7. The zero-order valence-electron chi connectivity index (χ0n) is 17.6. The molecule has 0 aliphatic carbocycles. The van der Waals surface area contributed by atoms with Crippen LogP contribution in [0.15, 0.2) is 12.1 Å². The molecule has 0 saturated carbocycles. The predicted molar refractivity (Wildman–Crippen MR) is 104 cm³/mol. The first-order chi connectivity index (χ1) is 13.2. The third-order valence-electron chi connectivity index (χ3n) is 4.66. The molecule has 0 saturated heterocycles. The number of ether oxygens (including phenoxy) is 1. The molecule has 0 N–H and O–H groups in total. The molecule has 0 fully saturated rings. The summed E-state index contributed by atoms with van der Waals surface area (Å²) in [6, 6.07) is 6.31. The summed E-state index contributed by atoms with van der Waals surface area (Å²) in [5.74, 6) is -5.53. The van der Waals surface area contributed by atoms with Crippen molar-refractivity contribution in [2.45, 2.75) is 59.3 Å². The maximum Gasteiger partial charge on any atom is 0.205 e. The van der Waals surface area contributed by atoms with Crippen LogP contribution < -0.4 is 4.74 Å². The highest BCUT2D eigenvalue weighted by molar-refractivity contribution is 5.55. The van der Waals surface area contributed by atoms with Crippen molar-refractivity contribution in [2.75, 3.05) is 0 Å². The monoisotopic (exact) mass is 400 g/mol. The number of halogens is 3. The molecule has 0 radical (unpaired) electrons. The molecule has 2 rings (SSSR count). The van der Waals surface area contributed by atoms with E-state index in [1.807, 2.05) is 33.8 Å². The topological polar surface area (TPSA) is 56.8 Å². The number of aryl methyl sites for hydroxylation is 1. The fraction of sp³-hybridized carbons (Fsp3) is 0.391. The maximum absolute atomic E-state index is 14.7. The van der Waals surface area contributed by atoms with Crippen LogP contribution in [-0.2, 0) is 10.8 Å². The van der Waals surface area contributed by atoms with Gasteiger partial charge >= 0.3 is 0 Å². The average Bonchev–Trinajstić information content (AvgIpc) is 2.59. The SMILES string of the molecule is Cc1cc(Oc2c(F)c(F)c(C#N)c(C#N)c2F)c(C(C)(C)C)cc1C(C)(C)C. The minimum atomic E-state index is -1.64. The van der Waals surface area contributed by atoms with E-state index in [0.717, 1.165) is 11.1 Å². The Morgan fingerprint density at radius 3 is 1.69 bits per heavy atom. The summed E-state index contributed by atoms with van der Waals surface area (Å²) in [6.45, 7) is 13.8. The summed E-state index contributed by atoms with van der Waals surface area (Å²) >= 11 is 0. The summed E-state index contributed by atoms with van der Waals surface area (Å²) < 4.78 is 49.0. The largest absolute Gasteiger partial charge is 0.451 e. The molecule has 6 heteroatoms. The van der Waals surface area contributed by atoms with Gasteiger partial charge < -0.3 is 4.74 Å². The molecular weight excluding hydrogens is 377 g/mol. The number of rotatable bonds is 2. The fourth-order valence-electron chi connectivity index (χ4n) is 3.21. The molecule has 0 atom stereocenters. The molecule has 0 aliphatic rings. The van der Waals surface area contributed by atoms with Gasteiger partial charge in [-0.2, -0.15) is 14.9 Å². The van der Waals surface area contributed by atoms with Gasteiger partial charge in [-0.25, -0.2) is 8.78 Å². The van der Waals surface area contributed by atoms with Crippen molar-refractivity contribution in [2.24, 2.45) is 0 Å². The van der Waals surface area contributed by atoms with E-state index < -0.39 is 39.7 Å².